The third-order valence-corrected chi connectivity index (χ3v) is 6.42. The van der Waals surface area contributed by atoms with E-state index < -0.39 is 5.91 Å². The van der Waals surface area contributed by atoms with Crippen molar-refractivity contribution < 1.29 is 19.5 Å². The number of rotatable bonds is 9. The highest BCUT2D eigenvalue weighted by atomic mass is 16.5. The summed E-state index contributed by atoms with van der Waals surface area (Å²) in [6, 6.07) is 22.8. The molecule has 0 aliphatic carbocycles. The van der Waals surface area contributed by atoms with Gasteiger partial charge in [-0.2, -0.15) is 0 Å². The van der Waals surface area contributed by atoms with Gasteiger partial charge >= 0.3 is 0 Å². The maximum Gasteiger partial charge on any atom is 0.274 e. The van der Waals surface area contributed by atoms with Gasteiger partial charge in [-0.15, -0.1) is 0 Å². The van der Waals surface area contributed by atoms with Gasteiger partial charge < -0.3 is 10.1 Å². The van der Waals surface area contributed by atoms with E-state index in [1.807, 2.05) is 60.7 Å². The Bertz CT molecular complexity index is 1140. The summed E-state index contributed by atoms with van der Waals surface area (Å²) >= 11 is 0. The largest absolute Gasteiger partial charge is 0.497 e. The van der Waals surface area contributed by atoms with E-state index in [4.69, 9.17) is 9.94 Å². The highest BCUT2D eigenvalue weighted by Gasteiger charge is 2.17. The normalized spacial score (nSPS) is 14.3. The zero-order valence-electron chi connectivity index (χ0n) is 20.4. The van der Waals surface area contributed by atoms with Crippen LogP contribution >= 0.6 is 0 Å². The number of carbonyl (C=O) groups excluding carboxylic acids is 2. The van der Waals surface area contributed by atoms with Crippen LogP contribution in [0.3, 0.4) is 0 Å². The predicted molar refractivity (Wildman–Crippen MR) is 137 cm³/mol. The molecule has 8 heteroatoms. The van der Waals surface area contributed by atoms with Gasteiger partial charge in [0.05, 0.1) is 7.11 Å². The standard InChI is InChI=1S/C28H32N4O4/c1-36-26-12-6-21(7-13-26)18-29-27(33)24-8-2-22(3-9-24)19-31-14-16-32(17-15-31)20-23-4-10-25(11-5-23)28(34)30-35/h2-13,35H,14-20H2,1H3,(H,29,33)(H,30,34). The third kappa shape index (κ3) is 6.91. The van der Waals surface area contributed by atoms with Crippen molar-refractivity contribution in [2.75, 3.05) is 33.3 Å². The molecule has 4 rings (SSSR count). The van der Waals surface area contributed by atoms with Crippen LogP contribution in [0.4, 0.5) is 0 Å². The Kier molecular flexibility index (Phi) is 8.67. The number of carbonyl (C=O) groups is 2. The van der Waals surface area contributed by atoms with Gasteiger partial charge in [0.1, 0.15) is 5.75 Å². The zero-order valence-corrected chi connectivity index (χ0v) is 20.4. The Balaban J connectivity index is 1.20. The first-order chi connectivity index (χ1) is 17.5. The third-order valence-electron chi connectivity index (χ3n) is 6.42. The molecule has 188 valence electrons. The van der Waals surface area contributed by atoms with Crippen molar-refractivity contribution in [2.45, 2.75) is 19.6 Å². The van der Waals surface area contributed by atoms with Gasteiger partial charge in [0.25, 0.3) is 11.8 Å². The van der Waals surface area contributed by atoms with Crippen molar-refractivity contribution in [3.63, 3.8) is 0 Å². The van der Waals surface area contributed by atoms with Crippen LogP contribution in [0, 0.1) is 0 Å². The van der Waals surface area contributed by atoms with Gasteiger partial charge in [-0.05, 0) is 53.1 Å². The number of benzene rings is 3. The lowest BCUT2D eigenvalue weighted by molar-refractivity contribution is 0.0706. The quantitative estimate of drug-likeness (QED) is 0.317. The van der Waals surface area contributed by atoms with E-state index in [0.717, 1.165) is 56.1 Å². The van der Waals surface area contributed by atoms with Crippen molar-refractivity contribution in [2.24, 2.45) is 0 Å². The first-order valence-electron chi connectivity index (χ1n) is 12.0. The molecule has 3 aromatic carbocycles. The van der Waals surface area contributed by atoms with Crippen molar-refractivity contribution >= 4 is 11.8 Å². The monoisotopic (exact) mass is 488 g/mol. The molecule has 2 amide bonds. The maximum atomic E-state index is 12.5. The maximum absolute atomic E-state index is 12.5. The number of amides is 2. The van der Waals surface area contributed by atoms with Crippen molar-refractivity contribution in [1.29, 1.82) is 0 Å². The first-order valence-corrected chi connectivity index (χ1v) is 12.0. The van der Waals surface area contributed by atoms with Crippen LogP contribution in [0.5, 0.6) is 5.75 Å². The molecule has 0 bridgehead atoms. The van der Waals surface area contributed by atoms with Crippen LogP contribution in [-0.2, 0) is 19.6 Å². The molecule has 1 aliphatic rings. The average Bonchev–Trinajstić information content (AvgIpc) is 2.93. The topological polar surface area (TPSA) is 94.1 Å². The number of piperazine rings is 1. The highest BCUT2D eigenvalue weighted by Crippen LogP contribution is 2.14. The molecule has 0 atom stereocenters. The first kappa shape index (κ1) is 25.4. The number of ether oxygens (including phenoxy) is 1. The minimum absolute atomic E-state index is 0.0870. The predicted octanol–water partition coefficient (Wildman–Crippen LogP) is 3.06. The molecular weight excluding hydrogens is 456 g/mol. The van der Waals surface area contributed by atoms with Gasteiger partial charge in [0, 0.05) is 56.9 Å². The molecule has 0 aromatic heterocycles. The molecule has 0 saturated carbocycles. The summed E-state index contributed by atoms with van der Waals surface area (Å²) < 4.78 is 5.16. The number of nitrogens with one attached hydrogen (secondary N) is 2. The van der Waals surface area contributed by atoms with Crippen molar-refractivity contribution in [3.05, 3.63) is 101 Å². The van der Waals surface area contributed by atoms with E-state index in [-0.39, 0.29) is 5.91 Å². The van der Waals surface area contributed by atoms with Crippen LogP contribution in [0.2, 0.25) is 0 Å². The van der Waals surface area contributed by atoms with Crippen LogP contribution < -0.4 is 15.5 Å². The fourth-order valence-corrected chi connectivity index (χ4v) is 4.24. The summed E-state index contributed by atoms with van der Waals surface area (Å²) in [5.41, 5.74) is 6.09. The van der Waals surface area contributed by atoms with Crippen LogP contribution in [0.1, 0.15) is 37.4 Å². The average molecular weight is 489 g/mol. The molecule has 1 heterocycles. The minimum Gasteiger partial charge on any atom is -0.497 e. The Morgan fingerprint density at radius 3 is 1.61 bits per heavy atom. The second-order valence-electron chi connectivity index (χ2n) is 8.92. The number of hydroxylamine groups is 1. The Morgan fingerprint density at radius 1 is 0.722 bits per heavy atom. The molecule has 0 radical (unpaired) electrons. The molecule has 1 fully saturated rings. The smallest absolute Gasteiger partial charge is 0.274 e. The minimum atomic E-state index is -0.502. The van der Waals surface area contributed by atoms with E-state index in [0.29, 0.717) is 17.7 Å². The summed E-state index contributed by atoms with van der Waals surface area (Å²) in [5, 5.41) is 11.7. The Morgan fingerprint density at radius 2 is 1.17 bits per heavy atom. The van der Waals surface area contributed by atoms with E-state index in [1.165, 1.54) is 5.56 Å². The summed E-state index contributed by atoms with van der Waals surface area (Å²) in [4.78, 5) is 28.8. The molecular formula is C28H32N4O4. The van der Waals surface area contributed by atoms with Crippen LogP contribution in [0.25, 0.3) is 0 Å². The molecule has 3 N–H and O–H groups in total. The molecule has 1 aliphatic heterocycles. The SMILES string of the molecule is COc1ccc(CNC(=O)c2ccc(CN3CCN(Cc4ccc(C(=O)NO)cc4)CC3)cc2)cc1. The molecule has 0 spiro atoms. The number of hydrogen-bond acceptors (Lipinski definition) is 6. The molecule has 3 aromatic rings. The summed E-state index contributed by atoms with van der Waals surface area (Å²) in [6.45, 7) is 6.01. The Labute approximate surface area is 211 Å². The van der Waals surface area contributed by atoms with E-state index in [1.54, 1.807) is 24.7 Å². The number of nitrogens with zero attached hydrogens (tertiary/aromatic N) is 2. The highest BCUT2D eigenvalue weighted by molar-refractivity contribution is 5.94. The fraction of sp³-hybridized carbons (Fsp3) is 0.286. The number of hydrogen-bond donors (Lipinski definition) is 3. The van der Waals surface area contributed by atoms with Gasteiger partial charge in [0.15, 0.2) is 0 Å². The van der Waals surface area contributed by atoms with Gasteiger partial charge in [-0.1, -0.05) is 36.4 Å². The lowest BCUT2D eigenvalue weighted by Crippen LogP contribution is -2.45. The van der Waals surface area contributed by atoms with E-state index in [2.05, 4.69) is 15.1 Å². The van der Waals surface area contributed by atoms with E-state index in [9.17, 15) is 9.59 Å². The van der Waals surface area contributed by atoms with Crippen LogP contribution in [0.15, 0.2) is 72.8 Å². The molecule has 1 saturated heterocycles. The number of methoxy groups -OCH3 is 1. The second kappa shape index (κ2) is 12.3. The lowest BCUT2D eigenvalue weighted by atomic mass is 10.1. The summed E-state index contributed by atoms with van der Waals surface area (Å²) in [7, 11) is 1.63. The van der Waals surface area contributed by atoms with Gasteiger partial charge in [-0.3, -0.25) is 24.6 Å². The molecule has 36 heavy (non-hydrogen) atoms. The second-order valence-corrected chi connectivity index (χ2v) is 8.92. The fourth-order valence-electron chi connectivity index (χ4n) is 4.24. The van der Waals surface area contributed by atoms with Crippen molar-refractivity contribution in [3.8, 4) is 5.75 Å². The van der Waals surface area contributed by atoms with E-state index >= 15 is 0 Å². The Hall–Kier alpha value is -3.72. The van der Waals surface area contributed by atoms with Gasteiger partial charge in [0.2, 0.25) is 0 Å². The summed E-state index contributed by atoms with van der Waals surface area (Å²) in [6.07, 6.45) is 0. The summed E-state index contributed by atoms with van der Waals surface area (Å²) in [5.74, 6) is 0.205. The van der Waals surface area contributed by atoms with Crippen molar-refractivity contribution in [1.82, 2.24) is 20.6 Å². The van der Waals surface area contributed by atoms with Gasteiger partial charge in [-0.25, -0.2) is 5.48 Å². The molecule has 0 unspecified atom stereocenters. The van der Waals surface area contributed by atoms with Crippen LogP contribution in [-0.4, -0.2) is 60.1 Å². The zero-order chi connectivity index (χ0) is 25.3. The lowest BCUT2D eigenvalue weighted by Gasteiger charge is -2.34. The molecule has 8 nitrogen and oxygen atoms in total.